The lowest BCUT2D eigenvalue weighted by Gasteiger charge is -2.08. The molecule has 1 N–H and O–H groups in total. The Hall–Kier alpha value is -3.15. The number of carbonyl (C=O) groups is 1. The number of nitrogens with zero attached hydrogens (tertiary/aromatic N) is 2. The molecule has 0 aliphatic rings. The summed E-state index contributed by atoms with van der Waals surface area (Å²) >= 11 is 0. The fourth-order valence-corrected chi connectivity index (χ4v) is 2.25. The lowest BCUT2D eigenvalue weighted by molar-refractivity contribution is 0.0942. The summed E-state index contributed by atoms with van der Waals surface area (Å²) in [5.41, 5.74) is 1.79. The van der Waals surface area contributed by atoms with Crippen LogP contribution in [0.1, 0.15) is 15.9 Å². The minimum atomic E-state index is -0.889. The van der Waals surface area contributed by atoms with E-state index in [9.17, 15) is 13.6 Å². The summed E-state index contributed by atoms with van der Waals surface area (Å²) < 4.78 is 27.2. The van der Waals surface area contributed by atoms with Crippen LogP contribution in [0.4, 0.5) is 8.78 Å². The van der Waals surface area contributed by atoms with E-state index >= 15 is 0 Å². The van der Waals surface area contributed by atoms with Crippen molar-refractivity contribution in [1.29, 1.82) is 0 Å². The van der Waals surface area contributed by atoms with Crippen molar-refractivity contribution in [2.24, 2.45) is 0 Å². The minimum absolute atomic E-state index is 0.132. The van der Waals surface area contributed by atoms with Crippen LogP contribution >= 0.6 is 0 Å². The van der Waals surface area contributed by atoms with Gasteiger partial charge in [-0.15, -0.1) is 0 Å². The van der Waals surface area contributed by atoms with Gasteiger partial charge in [0.25, 0.3) is 5.91 Å². The number of halogens is 2. The Labute approximate surface area is 137 Å². The molecule has 0 aliphatic carbocycles. The molecular weight excluding hydrogens is 312 g/mol. The summed E-state index contributed by atoms with van der Waals surface area (Å²) in [7, 11) is 0. The summed E-state index contributed by atoms with van der Waals surface area (Å²) in [6, 6.07) is 10.5. The van der Waals surface area contributed by atoms with E-state index in [4.69, 9.17) is 0 Å². The summed E-state index contributed by atoms with van der Waals surface area (Å²) in [5.74, 6) is -2.58. The van der Waals surface area contributed by atoms with Gasteiger partial charge < -0.3 is 5.32 Å². The van der Waals surface area contributed by atoms with Crippen molar-refractivity contribution in [3.05, 3.63) is 83.8 Å². The average Bonchev–Trinajstić information content (AvgIpc) is 2.61. The van der Waals surface area contributed by atoms with Crippen LogP contribution in [0.3, 0.4) is 0 Å². The van der Waals surface area contributed by atoms with Crippen LogP contribution in [0.25, 0.3) is 11.3 Å². The number of nitrogens with one attached hydrogen (secondary N) is 1. The number of benzene rings is 1. The minimum Gasteiger partial charge on any atom is -0.348 e. The molecule has 0 radical (unpaired) electrons. The van der Waals surface area contributed by atoms with Gasteiger partial charge >= 0.3 is 0 Å². The molecule has 0 saturated heterocycles. The maximum absolute atomic E-state index is 13.6. The molecule has 2 heterocycles. The molecule has 0 fully saturated rings. The Bertz CT molecular complexity index is 849. The summed E-state index contributed by atoms with van der Waals surface area (Å²) in [5, 5.41) is 2.52. The van der Waals surface area contributed by atoms with E-state index in [-0.39, 0.29) is 6.54 Å². The highest BCUT2D eigenvalue weighted by molar-refractivity contribution is 5.94. The Morgan fingerprint density at radius 1 is 1.00 bits per heavy atom. The van der Waals surface area contributed by atoms with Crippen LogP contribution in [-0.4, -0.2) is 15.9 Å². The maximum Gasteiger partial charge on any atom is 0.257 e. The second kappa shape index (κ2) is 6.95. The van der Waals surface area contributed by atoms with Crippen LogP contribution in [0.2, 0.25) is 0 Å². The van der Waals surface area contributed by atoms with Crippen molar-refractivity contribution in [2.45, 2.75) is 6.54 Å². The summed E-state index contributed by atoms with van der Waals surface area (Å²) in [4.78, 5) is 20.2. The molecule has 24 heavy (non-hydrogen) atoms. The largest absolute Gasteiger partial charge is 0.348 e. The first-order chi connectivity index (χ1) is 11.6. The third-order valence-electron chi connectivity index (χ3n) is 3.44. The van der Waals surface area contributed by atoms with Crippen molar-refractivity contribution in [2.75, 3.05) is 0 Å². The van der Waals surface area contributed by atoms with Gasteiger partial charge in [0.2, 0.25) is 0 Å². The molecule has 0 unspecified atom stereocenters. The van der Waals surface area contributed by atoms with Gasteiger partial charge in [0.15, 0.2) is 0 Å². The topological polar surface area (TPSA) is 54.9 Å². The molecule has 0 atom stereocenters. The van der Waals surface area contributed by atoms with Crippen LogP contribution < -0.4 is 5.32 Å². The quantitative estimate of drug-likeness (QED) is 0.800. The van der Waals surface area contributed by atoms with Crippen LogP contribution in [0.15, 0.2) is 61.1 Å². The lowest BCUT2D eigenvalue weighted by atomic mass is 10.1. The number of carbonyl (C=O) groups excluding carboxylic acids is 1. The number of hydrogen-bond acceptors (Lipinski definition) is 3. The van der Waals surface area contributed by atoms with Crippen molar-refractivity contribution in [3.8, 4) is 11.3 Å². The zero-order valence-corrected chi connectivity index (χ0v) is 12.5. The van der Waals surface area contributed by atoms with Crippen LogP contribution in [-0.2, 0) is 6.54 Å². The lowest BCUT2D eigenvalue weighted by Crippen LogP contribution is -2.25. The second-order valence-electron chi connectivity index (χ2n) is 5.06. The van der Waals surface area contributed by atoms with E-state index in [1.165, 1.54) is 6.07 Å². The van der Waals surface area contributed by atoms with E-state index in [1.807, 2.05) is 12.1 Å². The molecular formula is C18H13F2N3O. The van der Waals surface area contributed by atoms with Gasteiger partial charge in [0.1, 0.15) is 17.2 Å². The molecule has 3 aromatic rings. The highest BCUT2D eigenvalue weighted by Crippen LogP contribution is 2.17. The van der Waals surface area contributed by atoms with Crippen LogP contribution in [0.5, 0.6) is 0 Å². The van der Waals surface area contributed by atoms with E-state index in [0.717, 1.165) is 29.0 Å². The van der Waals surface area contributed by atoms with Gasteiger partial charge in [-0.1, -0.05) is 6.07 Å². The Morgan fingerprint density at radius 3 is 2.42 bits per heavy atom. The molecule has 3 rings (SSSR count). The fraction of sp³-hybridized carbons (Fsp3) is 0.0556. The highest BCUT2D eigenvalue weighted by Gasteiger charge is 2.16. The van der Waals surface area contributed by atoms with Crippen molar-refractivity contribution >= 4 is 5.91 Å². The normalized spacial score (nSPS) is 10.4. The van der Waals surface area contributed by atoms with E-state index < -0.39 is 23.1 Å². The number of aromatic nitrogens is 2. The molecule has 6 heteroatoms. The molecule has 120 valence electrons. The number of amides is 1. The molecule has 0 spiro atoms. The molecule has 0 bridgehead atoms. The Morgan fingerprint density at radius 2 is 1.71 bits per heavy atom. The summed E-state index contributed by atoms with van der Waals surface area (Å²) in [6.45, 7) is 0.132. The maximum atomic E-state index is 13.6. The van der Waals surface area contributed by atoms with E-state index in [2.05, 4.69) is 15.3 Å². The van der Waals surface area contributed by atoms with Crippen molar-refractivity contribution in [3.63, 3.8) is 0 Å². The third-order valence-corrected chi connectivity index (χ3v) is 3.44. The molecule has 4 nitrogen and oxygen atoms in total. The molecule has 0 aliphatic heterocycles. The molecule has 2 aromatic heterocycles. The zero-order chi connectivity index (χ0) is 16.9. The Balaban J connectivity index is 1.75. The molecule has 1 amide bonds. The van der Waals surface area contributed by atoms with Gasteiger partial charge in [-0.3, -0.25) is 14.8 Å². The fourth-order valence-electron chi connectivity index (χ4n) is 2.25. The molecule has 1 aromatic carbocycles. The second-order valence-corrected chi connectivity index (χ2v) is 5.06. The zero-order valence-electron chi connectivity index (χ0n) is 12.5. The smallest absolute Gasteiger partial charge is 0.257 e. The monoisotopic (exact) mass is 325 g/mol. The third kappa shape index (κ3) is 3.43. The molecule has 0 saturated carbocycles. The van der Waals surface area contributed by atoms with Gasteiger partial charge in [-0.05, 0) is 42.0 Å². The first-order valence-electron chi connectivity index (χ1n) is 7.22. The van der Waals surface area contributed by atoms with Crippen molar-refractivity contribution < 1.29 is 13.6 Å². The number of rotatable bonds is 4. The SMILES string of the molecule is O=C(NCc1ccnc(-c2ccncc2)c1)c1c(F)cccc1F. The number of pyridine rings is 2. The van der Waals surface area contributed by atoms with Gasteiger partial charge in [0, 0.05) is 30.7 Å². The Kier molecular flexibility index (Phi) is 4.56. The number of hydrogen-bond donors (Lipinski definition) is 1. The van der Waals surface area contributed by atoms with Crippen LogP contribution in [0, 0.1) is 11.6 Å². The predicted octanol–water partition coefficient (Wildman–Crippen LogP) is 3.35. The first kappa shape index (κ1) is 15.7. The first-order valence-corrected chi connectivity index (χ1v) is 7.22. The van der Waals surface area contributed by atoms with E-state index in [1.54, 1.807) is 30.7 Å². The summed E-state index contributed by atoms with van der Waals surface area (Å²) in [6.07, 6.45) is 4.93. The van der Waals surface area contributed by atoms with Gasteiger partial charge in [-0.25, -0.2) is 8.78 Å². The predicted molar refractivity (Wildman–Crippen MR) is 85.0 cm³/mol. The highest BCUT2D eigenvalue weighted by atomic mass is 19.1. The average molecular weight is 325 g/mol. The van der Waals surface area contributed by atoms with Gasteiger partial charge in [0.05, 0.1) is 5.69 Å². The standard InChI is InChI=1S/C18H13F2N3O/c19-14-2-1-3-15(20)17(14)18(24)23-11-12-4-9-22-16(10-12)13-5-7-21-8-6-13/h1-10H,11H2,(H,23,24). The van der Waals surface area contributed by atoms with Gasteiger partial charge in [-0.2, -0.15) is 0 Å². The van der Waals surface area contributed by atoms with E-state index in [0.29, 0.717) is 0 Å². The van der Waals surface area contributed by atoms with Crippen molar-refractivity contribution in [1.82, 2.24) is 15.3 Å².